The van der Waals surface area contributed by atoms with Crippen LogP contribution in [0.2, 0.25) is 0 Å². The van der Waals surface area contributed by atoms with Gasteiger partial charge in [-0.25, -0.2) is 0 Å². The van der Waals surface area contributed by atoms with Gasteiger partial charge in [0.25, 0.3) is 0 Å². The van der Waals surface area contributed by atoms with E-state index in [9.17, 15) is 0 Å². The van der Waals surface area contributed by atoms with Crippen molar-refractivity contribution in [2.45, 2.75) is 26.3 Å². The van der Waals surface area contributed by atoms with E-state index in [1.54, 1.807) is 0 Å². The molecule has 0 aliphatic rings. The normalized spacial score (nSPS) is 10.8. The van der Waals surface area contributed by atoms with Crippen molar-refractivity contribution in [1.82, 2.24) is 14.8 Å². The second kappa shape index (κ2) is 5.31. The van der Waals surface area contributed by atoms with Crippen LogP contribution in [0.25, 0.3) is 11.4 Å². The third kappa shape index (κ3) is 2.43. The van der Waals surface area contributed by atoms with Crippen molar-refractivity contribution in [3.63, 3.8) is 0 Å². The fraction of sp³-hybridized carbons (Fsp3) is 0.286. The van der Waals surface area contributed by atoms with Gasteiger partial charge in [-0.3, -0.25) is 9.67 Å². The highest BCUT2D eigenvalue weighted by Gasteiger charge is 2.08. The molecule has 94 valence electrons. The molecule has 0 amide bonds. The van der Waals surface area contributed by atoms with Gasteiger partial charge < -0.3 is 0 Å². The summed E-state index contributed by atoms with van der Waals surface area (Å²) in [5.74, 6) is 1.39. The Labute approximate surface area is 112 Å². The van der Waals surface area contributed by atoms with Crippen LogP contribution >= 0.6 is 12.2 Å². The molecular weight excluding hydrogens is 242 g/mol. The van der Waals surface area contributed by atoms with Gasteiger partial charge >= 0.3 is 0 Å². The number of aromatic amines is 1. The quantitative estimate of drug-likeness (QED) is 0.667. The van der Waals surface area contributed by atoms with E-state index in [2.05, 4.69) is 54.9 Å². The van der Waals surface area contributed by atoms with Crippen molar-refractivity contribution in [2.75, 3.05) is 0 Å². The number of benzene rings is 1. The molecule has 2 aromatic rings. The first-order chi connectivity index (χ1) is 8.63. The second-order valence-corrected chi connectivity index (χ2v) is 4.92. The molecule has 18 heavy (non-hydrogen) atoms. The Balaban J connectivity index is 2.42. The van der Waals surface area contributed by atoms with Gasteiger partial charge in [0.15, 0.2) is 10.6 Å². The maximum absolute atomic E-state index is 5.20. The molecule has 1 aromatic carbocycles. The summed E-state index contributed by atoms with van der Waals surface area (Å²) in [6.45, 7) is 8.77. The molecule has 1 N–H and O–H groups in total. The highest BCUT2D eigenvalue weighted by atomic mass is 32.1. The molecule has 0 fully saturated rings. The van der Waals surface area contributed by atoms with Crippen LogP contribution < -0.4 is 0 Å². The van der Waals surface area contributed by atoms with Gasteiger partial charge in [0.1, 0.15) is 0 Å². The van der Waals surface area contributed by atoms with Crippen LogP contribution in [-0.2, 0) is 6.54 Å². The van der Waals surface area contributed by atoms with E-state index in [1.807, 2.05) is 10.6 Å². The summed E-state index contributed by atoms with van der Waals surface area (Å²) < 4.78 is 2.56. The number of H-pyrrole nitrogens is 1. The third-order valence-electron chi connectivity index (χ3n) is 2.91. The summed E-state index contributed by atoms with van der Waals surface area (Å²) in [5.41, 5.74) is 2.39. The summed E-state index contributed by atoms with van der Waals surface area (Å²) in [6, 6.07) is 8.44. The molecule has 3 nitrogen and oxygen atoms in total. The predicted molar refractivity (Wildman–Crippen MR) is 77.1 cm³/mol. The van der Waals surface area contributed by atoms with E-state index in [1.165, 1.54) is 5.56 Å². The molecule has 0 bridgehead atoms. The molecular formula is C14H17N3S. The predicted octanol–water partition coefficient (Wildman–Crippen LogP) is 3.92. The van der Waals surface area contributed by atoms with Crippen LogP contribution in [0.15, 0.2) is 36.9 Å². The highest BCUT2D eigenvalue weighted by Crippen LogP contribution is 2.21. The maximum Gasteiger partial charge on any atom is 0.195 e. The van der Waals surface area contributed by atoms with E-state index in [-0.39, 0.29) is 0 Å². The zero-order chi connectivity index (χ0) is 13.1. The summed E-state index contributed by atoms with van der Waals surface area (Å²) in [5, 5.41) is 7.10. The van der Waals surface area contributed by atoms with Gasteiger partial charge in [-0.05, 0) is 23.7 Å². The number of hydrogen-bond acceptors (Lipinski definition) is 2. The van der Waals surface area contributed by atoms with E-state index in [0.29, 0.717) is 17.2 Å². The lowest BCUT2D eigenvalue weighted by atomic mass is 10.0. The Kier molecular flexibility index (Phi) is 3.77. The minimum absolute atomic E-state index is 0.535. The number of nitrogens with zero attached hydrogens (tertiary/aromatic N) is 2. The molecule has 1 aromatic heterocycles. The number of allylic oxidation sites excluding steroid dienone is 1. The van der Waals surface area contributed by atoms with Crippen molar-refractivity contribution in [2.24, 2.45) is 0 Å². The molecule has 0 spiro atoms. The first-order valence-electron chi connectivity index (χ1n) is 6.00. The van der Waals surface area contributed by atoms with Crippen molar-refractivity contribution in [1.29, 1.82) is 0 Å². The zero-order valence-electron chi connectivity index (χ0n) is 10.7. The SMILES string of the molecule is C=CCn1c(-c2ccc(C(C)C)cc2)n[nH]c1=S. The summed E-state index contributed by atoms with van der Waals surface area (Å²) in [4.78, 5) is 0. The fourth-order valence-electron chi connectivity index (χ4n) is 1.85. The monoisotopic (exact) mass is 259 g/mol. The lowest BCUT2D eigenvalue weighted by Gasteiger charge is -2.07. The molecule has 0 unspecified atom stereocenters. The van der Waals surface area contributed by atoms with Crippen LogP contribution in [0.3, 0.4) is 0 Å². The van der Waals surface area contributed by atoms with Crippen LogP contribution in [-0.4, -0.2) is 14.8 Å². The minimum Gasteiger partial charge on any atom is -0.296 e. The van der Waals surface area contributed by atoms with Gasteiger partial charge in [0.05, 0.1) is 0 Å². The molecule has 0 atom stereocenters. The lowest BCUT2D eigenvalue weighted by molar-refractivity contribution is 0.813. The average molecular weight is 259 g/mol. The largest absolute Gasteiger partial charge is 0.296 e. The Morgan fingerprint density at radius 2 is 2.06 bits per heavy atom. The molecule has 0 aliphatic heterocycles. The second-order valence-electron chi connectivity index (χ2n) is 4.53. The fourth-order valence-corrected chi connectivity index (χ4v) is 2.06. The van der Waals surface area contributed by atoms with Gasteiger partial charge in [-0.2, -0.15) is 5.10 Å². The van der Waals surface area contributed by atoms with E-state index in [4.69, 9.17) is 12.2 Å². The number of aromatic nitrogens is 3. The Morgan fingerprint density at radius 1 is 1.39 bits per heavy atom. The van der Waals surface area contributed by atoms with E-state index in [0.717, 1.165) is 11.4 Å². The molecule has 2 rings (SSSR count). The zero-order valence-corrected chi connectivity index (χ0v) is 11.5. The molecule has 0 saturated heterocycles. The van der Waals surface area contributed by atoms with Crippen molar-refractivity contribution >= 4 is 12.2 Å². The van der Waals surface area contributed by atoms with Crippen molar-refractivity contribution < 1.29 is 0 Å². The molecule has 0 aliphatic carbocycles. The lowest BCUT2D eigenvalue weighted by Crippen LogP contribution is -1.98. The van der Waals surface area contributed by atoms with Crippen LogP contribution in [0.4, 0.5) is 0 Å². The van der Waals surface area contributed by atoms with Crippen molar-refractivity contribution in [3.05, 3.63) is 47.3 Å². The van der Waals surface area contributed by atoms with Crippen LogP contribution in [0.1, 0.15) is 25.3 Å². The molecule has 4 heteroatoms. The van der Waals surface area contributed by atoms with Crippen molar-refractivity contribution in [3.8, 4) is 11.4 Å². The Morgan fingerprint density at radius 3 is 2.61 bits per heavy atom. The number of nitrogens with one attached hydrogen (secondary N) is 1. The average Bonchev–Trinajstić information content (AvgIpc) is 2.72. The molecule has 1 heterocycles. The standard InChI is InChI=1S/C14H17N3S/c1-4-9-17-13(15-16-14(17)18)12-7-5-11(6-8-12)10(2)3/h4-8,10H,1,9H2,2-3H3,(H,16,18). The molecule has 0 saturated carbocycles. The molecule has 0 radical (unpaired) electrons. The summed E-state index contributed by atoms with van der Waals surface area (Å²) in [6.07, 6.45) is 1.82. The van der Waals surface area contributed by atoms with Gasteiger partial charge in [0.2, 0.25) is 0 Å². The summed E-state index contributed by atoms with van der Waals surface area (Å²) >= 11 is 5.20. The van der Waals surface area contributed by atoms with Gasteiger partial charge in [-0.1, -0.05) is 44.2 Å². The first kappa shape index (κ1) is 12.8. The van der Waals surface area contributed by atoms with Crippen LogP contribution in [0, 0.1) is 4.77 Å². The minimum atomic E-state index is 0.535. The highest BCUT2D eigenvalue weighted by molar-refractivity contribution is 7.71. The summed E-state index contributed by atoms with van der Waals surface area (Å²) in [7, 11) is 0. The number of hydrogen-bond donors (Lipinski definition) is 1. The van der Waals surface area contributed by atoms with E-state index < -0.39 is 0 Å². The van der Waals surface area contributed by atoms with Gasteiger partial charge in [0, 0.05) is 12.1 Å². The Bertz CT molecular complexity index is 590. The van der Waals surface area contributed by atoms with Crippen LogP contribution in [0.5, 0.6) is 0 Å². The number of rotatable bonds is 4. The smallest absolute Gasteiger partial charge is 0.195 e. The topological polar surface area (TPSA) is 33.6 Å². The first-order valence-corrected chi connectivity index (χ1v) is 6.40. The Hall–Kier alpha value is -1.68. The third-order valence-corrected chi connectivity index (χ3v) is 3.22. The van der Waals surface area contributed by atoms with Gasteiger partial charge in [-0.15, -0.1) is 6.58 Å². The maximum atomic E-state index is 5.20. The van der Waals surface area contributed by atoms with E-state index >= 15 is 0 Å².